The van der Waals surface area contributed by atoms with E-state index in [9.17, 15) is 13.2 Å². The van der Waals surface area contributed by atoms with Crippen LogP contribution in [-0.2, 0) is 21.5 Å². The lowest BCUT2D eigenvalue weighted by atomic mass is 9.96. The van der Waals surface area contributed by atoms with Crippen LogP contribution in [0.25, 0.3) is 0 Å². The van der Waals surface area contributed by atoms with Gasteiger partial charge in [0.05, 0.1) is 12.7 Å². The summed E-state index contributed by atoms with van der Waals surface area (Å²) in [6.07, 6.45) is 5.19. The van der Waals surface area contributed by atoms with Gasteiger partial charge in [-0.2, -0.15) is 17.4 Å². The molecule has 0 bridgehead atoms. The van der Waals surface area contributed by atoms with Crippen LogP contribution in [0.15, 0.2) is 24.3 Å². The number of rotatable bonds is 6. The number of ether oxygens (including phenoxy) is 1. The lowest BCUT2D eigenvalue weighted by molar-refractivity contribution is 0.0600. The van der Waals surface area contributed by atoms with Gasteiger partial charge in [0.25, 0.3) is 10.2 Å². The highest BCUT2D eigenvalue weighted by Gasteiger charge is 2.27. The summed E-state index contributed by atoms with van der Waals surface area (Å²) in [5.41, 5.74) is 1.23. The Morgan fingerprint density at radius 1 is 1.22 bits per heavy atom. The van der Waals surface area contributed by atoms with Gasteiger partial charge in [-0.1, -0.05) is 31.4 Å². The third-order valence-corrected chi connectivity index (χ3v) is 5.87. The number of hydrogen-bond donors (Lipinski definition) is 1. The first kappa shape index (κ1) is 17.9. The second-order valence-corrected chi connectivity index (χ2v) is 7.64. The summed E-state index contributed by atoms with van der Waals surface area (Å²) in [5, 5.41) is 0. The number of carbonyl (C=O) groups excluding carboxylic acids is 1. The molecule has 1 aliphatic rings. The van der Waals surface area contributed by atoms with Crippen LogP contribution in [-0.4, -0.2) is 38.9 Å². The first-order chi connectivity index (χ1) is 10.9. The summed E-state index contributed by atoms with van der Waals surface area (Å²) >= 11 is 0. The number of carbonyl (C=O) groups is 1. The van der Waals surface area contributed by atoms with E-state index in [0.29, 0.717) is 5.56 Å². The van der Waals surface area contributed by atoms with Crippen LogP contribution in [0.1, 0.15) is 48.0 Å². The Bertz CT molecular complexity index is 622. The van der Waals surface area contributed by atoms with Crippen molar-refractivity contribution < 1.29 is 17.9 Å². The Balaban J connectivity index is 1.94. The fourth-order valence-corrected chi connectivity index (χ4v) is 3.95. The van der Waals surface area contributed by atoms with Gasteiger partial charge in [0.1, 0.15) is 0 Å². The standard InChI is InChI=1S/C16H24N2O4S/c1-18(15-6-4-3-5-7-15)23(20,21)17-12-13-8-10-14(11-9-13)16(19)22-2/h8-11,15,17H,3-7,12H2,1-2H3. The molecule has 1 aromatic carbocycles. The van der Waals surface area contributed by atoms with Crippen molar-refractivity contribution in [1.82, 2.24) is 9.03 Å². The molecule has 0 heterocycles. The Morgan fingerprint density at radius 3 is 2.39 bits per heavy atom. The van der Waals surface area contributed by atoms with E-state index in [4.69, 9.17) is 0 Å². The maximum absolute atomic E-state index is 12.4. The first-order valence-corrected chi connectivity index (χ1v) is 9.28. The predicted molar refractivity (Wildman–Crippen MR) is 88.2 cm³/mol. The molecular formula is C16H24N2O4S. The van der Waals surface area contributed by atoms with E-state index in [-0.39, 0.29) is 12.6 Å². The predicted octanol–water partition coefficient (Wildman–Crippen LogP) is 2.07. The maximum Gasteiger partial charge on any atom is 0.337 e. The fraction of sp³-hybridized carbons (Fsp3) is 0.562. The SMILES string of the molecule is COC(=O)c1ccc(CNS(=O)(=O)N(C)C2CCCCC2)cc1. The van der Waals surface area contributed by atoms with Crippen LogP contribution < -0.4 is 4.72 Å². The topological polar surface area (TPSA) is 75.7 Å². The van der Waals surface area contributed by atoms with Crippen molar-refractivity contribution in [3.63, 3.8) is 0 Å². The second kappa shape index (κ2) is 7.90. The highest BCUT2D eigenvalue weighted by Crippen LogP contribution is 2.23. The van der Waals surface area contributed by atoms with Gasteiger partial charge >= 0.3 is 5.97 Å². The van der Waals surface area contributed by atoms with Crippen molar-refractivity contribution in [2.75, 3.05) is 14.2 Å². The maximum atomic E-state index is 12.4. The smallest absolute Gasteiger partial charge is 0.337 e. The summed E-state index contributed by atoms with van der Waals surface area (Å²) in [6, 6.07) is 6.77. The number of hydrogen-bond acceptors (Lipinski definition) is 4. The van der Waals surface area contributed by atoms with Crippen LogP contribution in [0.2, 0.25) is 0 Å². The van der Waals surface area contributed by atoms with Crippen LogP contribution in [0.4, 0.5) is 0 Å². The van der Waals surface area contributed by atoms with Gasteiger partial charge in [-0.05, 0) is 30.5 Å². The van der Waals surface area contributed by atoms with E-state index in [2.05, 4.69) is 9.46 Å². The van der Waals surface area contributed by atoms with E-state index in [1.54, 1.807) is 31.3 Å². The zero-order valence-corrected chi connectivity index (χ0v) is 14.4. The molecule has 1 aromatic rings. The largest absolute Gasteiger partial charge is 0.465 e. The zero-order chi connectivity index (χ0) is 16.9. The molecule has 1 saturated carbocycles. The van der Waals surface area contributed by atoms with Gasteiger partial charge in [0.15, 0.2) is 0 Å². The third kappa shape index (κ3) is 4.76. The second-order valence-electron chi connectivity index (χ2n) is 5.82. The molecule has 0 saturated heterocycles. The van der Waals surface area contributed by atoms with Crippen LogP contribution in [0, 0.1) is 0 Å². The monoisotopic (exact) mass is 340 g/mol. The number of esters is 1. The average Bonchev–Trinajstić information content (AvgIpc) is 2.60. The minimum absolute atomic E-state index is 0.0861. The average molecular weight is 340 g/mol. The minimum atomic E-state index is -3.50. The summed E-state index contributed by atoms with van der Waals surface area (Å²) in [5.74, 6) is -0.408. The summed E-state index contributed by atoms with van der Waals surface area (Å²) < 4.78 is 33.4. The van der Waals surface area contributed by atoms with Crippen molar-refractivity contribution in [3.05, 3.63) is 35.4 Å². The Kier molecular flexibility index (Phi) is 6.15. The zero-order valence-electron chi connectivity index (χ0n) is 13.6. The number of benzene rings is 1. The molecule has 1 aliphatic carbocycles. The van der Waals surface area contributed by atoms with Gasteiger partial charge < -0.3 is 4.74 Å². The minimum Gasteiger partial charge on any atom is -0.465 e. The van der Waals surface area contributed by atoms with E-state index in [1.807, 2.05) is 0 Å². The molecule has 1 N–H and O–H groups in total. The van der Waals surface area contributed by atoms with Crippen LogP contribution in [0.5, 0.6) is 0 Å². The molecule has 0 spiro atoms. The third-order valence-electron chi connectivity index (χ3n) is 4.30. The van der Waals surface area contributed by atoms with Gasteiger partial charge in [-0.3, -0.25) is 0 Å². The summed E-state index contributed by atoms with van der Waals surface area (Å²) in [4.78, 5) is 11.4. The first-order valence-electron chi connectivity index (χ1n) is 7.84. The number of nitrogens with one attached hydrogen (secondary N) is 1. The molecule has 0 atom stereocenters. The molecule has 7 heteroatoms. The molecule has 0 aliphatic heterocycles. The van der Waals surface area contributed by atoms with Crippen LogP contribution >= 0.6 is 0 Å². The van der Waals surface area contributed by atoms with Gasteiger partial charge in [0, 0.05) is 19.6 Å². The van der Waals surface area contributed by atoms with Crippen molar-refractivity contribution in [2.24, 2.45) is 0 Å². The molecule has 1 fully saturated rings. The Morgan fingerprint density at radius 2 is 1.83 bits per heavy atom. The van der Waals surface area contributed by atoms with E-state index in [1.165, 1.54) is 17.8 Å². The molecule has 6 nitrogen and oxygen atoms in total. The molecule has 0 amide bonds. The molecule has 0 unspecified atom stereocenters. The molecule has 128 valence electrons. The Labute approximate surface area is 138 Å². The lowest BCUT2D eigenvalue weighted by Crippen LogP contribution is -2.44. The van der Waals surface area contributed by atoms with E-state index in [0.717, 1.165) is 31.2 Å². The van der Waals surface area contributed by atoms with Gasteiger partial charge in [0.2, 0.25) is 0 Å². The highest BCUT2D eigenvalue weighted by molar-refractivity contribution is 7.87. The Hall–Kier alpha value is -1.44. The summed E-state index contributed by atoms with van der Waals surface area (Å²) in [6.45, 7) is 0.195. The lowest BCUT2D eigenvalue weighted by Gasteiger charge is -2.30. The van der Waals surface area contributed by atoms with E-state index < -0.39 is 16.2 Å². The molecular weight excluding hydrogens is 316 g/mol. The van der Waals surface area contributed by atoms with Gasteiger partial charge in [-0.25, -0.2) is 4.79 Å². The van der Waals surface area contributed by atoms with Gasteiger partial charge in [-0.15, -0.1) is 0 Å². The molecule has 0 aromatic heterocycles. The molecule has 0 radical (unpaired) electrons. The van der Waals surface area contributed by atoms with Crippen LogP contribution in [0.3, 0.4) is 0 Å². The van der Waals surface area contributed by atoms with Crippen molar-refractivity contribution in [3.8, 4) is 0 Å². The van der Waals surface area contributed by atoms with Crippen molar-refractivity contribution in [1.29, 1.82) is 0 Å². The quantitative estimate of drug-likeness (QED) is 0.805. The van der Waals surface area contributed by atoms with E-state index >= 15 is 0 Å². The fourth-order valence-electron chi connectivity index (χ4n) is 2.79. The normalized spacial score (nSPS) is 16.5. The van der Waals surface area contributed by atoms with Crippen molar-refractivity contribution in [2.45, 2.75) is 44.7 Å². The number of methoxy groups -OCH3 is 1. The summed E-state index contributed by atoms with van der Waals surface area (Å²) in [7, 11) is -0.535. The van der Waals surface area contributed by atoms with Crippen molar-refractivity contribution >= 4 is 16.2 Å². The molecule has 2 rings (SSSR count). The molecule has 23 heavy (non-hydrogen) atoms. The number of nitrogens with zero attached hydrogens (tertiary/aromatic N) is 1. The highest BCUT2D eigenvalue weighted by atomic mass is 32.2.